The Kier molecular flexibility index (Phi) is 11.6. The number of anilines is 4. The minimum atomic E-state index is -4.70. The number of carbonyl (C=O) groups excluding carboxylic acids is 2. The second-order valence-corrected chi connectivity index (χ2v) is 21.5. The number of fused-ring (bicyclic) bond motifs is 1. The van der Waals surface area contributed by atoms with Gasteiger partial charge in [0.2, 0.25) is 17.8 Å². The summed E-state index contributed by atoms with van der Waals surface area (Å²) in [7, 11) is -2.15. The van der Waals surface area contributed by atoms with Gasteiger partial charge in [0.1, 0.15) is 22.9 Å². The molecule has 2 amide bonds. The molecule has 5 aliphatic rings. The molecule has 5 fully saturated rings. The summed E-state index contributed by atoms with van der Waals surface area (Å²) in [5, 5.41) is 15.3. The minimum absolute atomic E-state index is 0.00925. The number of benzene rings is 2. The average Bonchev–Trinajstić information content (AvgIpc) is 3.49. The number of aliphatic hydroxyl groups is 1. The van der Waals surface area contributed by atoms with E-state index in [0.717, 1.165) is 51.5 Å². The van der Waals surface area contributed by atoms with Gasteiger partial charge in [-0.2, -0.15) is 18.2 Å². The van der Waals surface area contributed by atoms with E-state index in [9.17, 15) is 41.1 Å². The van der Waals surface area contributed by atoms with Crippen LogP contribution in [0.2, 0.25) is 0 Å². The zero-order chi connectivity index (χ0) is 46.2. The van der Waals surface area contributed by atoms with E-state index in [0.29, 0.717) is 73.7 Å². The molecule has 2 atom stereocenters. The van der Waals surface area contributed by atoms with Gasteiger partial charge in [-0.05, 0) is 132 Å². The predicted octanol–water partition coefficient (Wildman–Crippen LogP) is 5.60. The molecule has 4 aromatic rings. The standard InChI is InChI=1S/C45H55F4N9O6S/c1-27-21-29(5-6-32(27)51-41-50-24-31(45(47,48)49)39(53-41)57-16-4-13-43(2,62)26-57)65(63,64)30-22-44(23-30)14-19-55(20-15-44)25-28-11-17-56(18-12-28)33-7-8-34-38(37(33)46)54(3)42(61)58(34)35-9-10-36(59)52-40(35)60/h5-8,21,24,28,30,35,62H,4,9-20,22-23,25-26H2,1-3H3,(H,50,51,53)(H,52,59,60)/t35?,43-/m0/s1. The van der Waals surface area contributed by atoms with Crippen LogP contribution in [0.1, 0.15) is 88.3 Å². The van der Waals surface area contributed by atoms with Crippen molar-refractivity contribution < 1.29 is 40.7 Å². The van der Waals surface area contributed by atoms with Crippen molar-refractivity contribution >= 4 is 55.8 Å². The van der Waals surface area contributed by atoms with Gasteiger partial charge < -0.3 is 25.1 Å². The van der Waals surface area contributed by atoms with Gasteiger partial charge in [-0.3, -0.25) is 24.0 Å². The van der Waals surface area contributed by atoms with Gasteiger partial charge in [0.25, 0.3) is 0 Å². The lowest BCUT2D eigenvalue weighted by atomic mass is 9.63. The van der Waals surface area contributed by atoms with Crippen molar-refractivity contribution in [2.75, 3.05) is 60.9 Å². The molecule has 1 saturated carbocycles. The Morgan fingerprint density at radius 1 is 0.969 bits per heavy atom. The molecule has 4 aliphatic heterocycles. The van der Waals surface area contributed by atoms with Crippen LogP contribution in [0.3, 0.4) is 0 Å². The zero-order valence-corrected chi connectivity index (χ0v) is 37.6. The maximum absolute atomic E-state index is 16.2. The summed E-state index contributed by atoms with van der Waals surface area (Å²) in [6.07, 6.45) is 1.99. The maximum Gasteiger partial charge on any atom is 0.421 e. The Morgan fingerprint density at radius 2 is 1.69 bits per heavy atom. The fourth-order valence-corrected chi connectivity index (χ4v) is 13.0. The first kappa shape index (κ1) is 45.1. The number of amides is 2. The van der Waals surface area contributed by atoms with Gasteiger partial charge in [0.05, 0.1) is 27.0 Å². The number of rotatable bonds is 9. The number of halogens is 4. The number of piperidine rings is 4. The molecule has 0 bridgehead atoms. The quantitative estimate of drug-likeness (QED) is 0.140. The number of alkyl halides is 3. The first-order valence-corrected chi connectivity index (χ1v) is 24.0. The molecule has 2 aromatic carbocycles. The van der Waals surface area contributed by atoms with E-state index in [1.807, 2.05) is 4.90 Å². The van der Waals surface area contributed by atoms with E-state index in [-0.39, 0.29) is 47.0 Å². The van der Waals surface area contributed by atoms with Crippen molar-refractivity contribution in [1.29, 1.82) is 0 Å². The summed E-state index contributed by atoms with van der Waals surface area (Å²) in [6.45, 7) is 7.57. The highest BCUT2D eigenvalue weighted by molar-refractivity contribution is 7.92. The molecule has 20 heteroatoms. The SMILES string of the molecule is Cc1cc(S(=O)(=O)C2CC3(CCN(CC4CCN(c5ccc6c(c5F)n(C)c(=O)n6C5CCC(=O)NC5=O)CC4)CC3)C2)ccc1Nc1ncc(C(F)(F)F)c(N2CCC[C@](C)(O)C2)n1. The van der Waals surface area contributed by atoms with Crippen molar-refractivity contribution in [3.63, 3.8) is 0 Å². The van der Waals surface area contributed by atoms with E-state index in [2.05, 4.69) is 25.5 Å². The second-order valence-electron chi connectivity index (χ2n) is 19.3. The Hall–Kier alpha value is -5.08. The Morgan fingerprint density at radius 3 is 2.35 bits per heavy atom. The van der Waals surface area contributed by atoms with Crippen molar-refractivity contribution in [3.05, 3.63) is 64.0 Å². The molecule has 9 rings (SSSR count). The van der Waals surface area contributed by atoms with Gasteiger partial charge in [0, 0.05) is 58.1 Å². The predicted molar refractivity (Wildman–Crippen MR) is 235 cm³/mol. The summed E-state index contributed by atoms with van der Waals surface area (Å²) in [5.41, 5.74) is -0.803. The molecule has 3 N–H and O–H groups in total. The highest BCUT2D eigenvalue weighted by Gasteiger charge is 2.51. The molecule has 6 heterocycles. The molecule has 1 spiro atoms. The number of hydrogen-bond donors (Lipinski definition) is 3. The molecule has 2 aromatic heterocycles. The number of nitrogens with one attached hydrogen (secondary N) is 2. The number of aryl methyl sites for hydroxylation is 2. The van der Waals surface area contributed by atoms with Gasteiger partial charge in [-0.25, -0.2) is 22.6 Å². The number of imide groups is 1. The van der Waals surface area contributed by atoms with Crippen LogP contribution in [0.4, 0.5) is 40.7 Å². The zero-order valence-electron chi connectivity index (χ0n) is 36.8. The molecule has 1 unspecified atom stereocenters. The van der Waals surface area contributed by atoms with Crippen LogP contribution in [-0.4, -0.2) is 106 Å². The monoisotopic (exact) mass is 925 g/mol. The van der Waals surface area contributed by atoms with E-state index in [1.165, 1.54) is 27.1 Å². The number of likely N-dealkylation sites (tertiary alicyclic amines) is 1. The normalized spacial score (nSPS) is 23.8. The third-order valence-corrected chi connectivity index (χ3v) is 16.8. The lowest BCUT2D eigenvalue weighted by Crippen LogP contribution is -2.52. The molecule has 1 aliphatic carbocycles. The lowest BCUT2D eigenvalue weighted by molar-refractivity contribution is -0.138. The first-order valence-electron chi connectivity index (χ1n) is 22.5. The summed E-state index contributed by atoms with van der Waals surface area (Å²) in [5.74, 6) is -1.45. The number of β-amino-alcohol motifs (C(OH)–C–C–N with tert-alkyl or cyclic N) is 1. The molecule has 0 radical (unpaired) electrons. The average molecular weight is 926 g/mol. The number of nitrogens with zero attached hydrogens (tertiary/aromatic N) is 7. The third kappa shape index (κ3) is 8.61. The lowest BCUT2D eigenvalue weighted by Gasteiger charge is -2.52. The Bertz CT molecular complexity index is 2700. The third-order valence-electron chi connectivity index (χ3n) is 14.7. The van der Waals surface area contributed by atoms with Gasteiger partial charge >= 0.3 is 11.9 Å². The smallest absolute Gasteiger partial charge is 0.388 e. The number of imidazole rings is 1. The van der Waals surface area contributed by atoms with Crippen molar-refractivity contribution in [2.45, 2.75) is 106 Å². The number of sulfone groups is 1. The van der Waals surface area contributed by atoms with Crippen LogP contribution in [0.5, 0.6) is 0 Å². The van der Waals surface area contributed by atoms with Gasteiger partial charge in [-0.15, -0.1) is 0 Å². The van der Waals surface area contributed by atoms with Crippen LogP contribution in [0.15, 0.2) is 46.2 Å². The number of hydrogen-bond acceptors (Lipinski definition) is 12. The molecular formula is C45H55F4N9O6S. The summed E-state index contributed by atoms with van der Waals surface area (Å²) in [6, 6.07) is 7.16. The number of carbonyl (C=O) groups is 2. The van der Waals surface area contributed by atoms with Crippen molar-refractivity contribution in [3.8, 4) is 0 Å². The molecule has 350 valence electrons. The van der Waals surface area contributed by atoms with Crippen LogP contribution in [0, 0.1) is 24.1 Å². The van der Waals surface area contributed by atoms with Crippen LogP contribution < -0.4 is 26.1 Å². The van der Waals surface area contributed by atoms with E-state index in [1.54, 1.807) is 38.1 Å². The van der Waals surface area contributed by atoms with E-state index in [4.69, 9.17) is 0 Å². The van der Waals surface area contributed by atoms with Crippen LogP contribution >= 0.6 is 0 Å². The van der Waals surface area contributed by atoms with Crippen LogP contribution in [0.25, 0.3) is 11.0 Å². The Balaban J connectivity index is 0.773. The highest BCUT2D eigenvalue weighted by atomic mass is 32.2. The van der Waals surface area contributed by atoms with Crippen LogP contribution in [-0.2, 0) is 32.7 Å². The topological polar surface area (TPSA) is 175 Å². The molecular weight excluding hydrogens is 871 g/mol. The van der Waals surface area contributed by atoms with Crippen molar-refractivity contribution in [1.82, 2.24) is 29.3 Å². The summed E-state index contributed by atoms with van der Waals surface area (Å²) in [4.78, 5) is 51.8. The van der Waals surface area contributed by atoms with E-state index >= 15 is 4.39 Å². The molecule has 65 heavy (non-hydrogen) atoms. The minimum Gasteiger partial charge on any atom is -0.388 e. The van der Waals surface area contributed by atoms with Gasteiger partial charge in [0.15, 0.2) is 15.7 Å². The van der Waals surface area contributed by atoms with E-state index < -0.39 is 61.8 Å². The Labute approximate surface area is 374 Å². The highest BCUT2D eigenvalue weighted by Crippen LogP contribution is 2.53. The maximum atomic E-state index is 16.2. The fourth-order valence-electron chi connectivity index (χ4n) is 10.9. The van der Waals surface area contributed by atoms with Gasteiger partial charge in [-0.1, -0.05) is 0 Å². The van der Waals surface area contributed by atoms with Crippen molar-refractivity contribution in [2.24, 2.45) is 18.4 Å². The number of aromatic nitrogens is 4. The first-order chi connectivity index (χ1) is 30.7. The summed E-state index contributed by atoms with van der Waals surface area (Å²) < 4.78 is 88.4. The fraction of sp³-hybridized carbons (Fsp3) is 0.578. The molecule has 4 saturated heterocycles. The largest absolute Gasteiger partial charge is 0.421 e. The second kappa shape index (κ2) is 16.7. The summed E-state index contributed by atoms with van der Waals surface area (Å²) >= 11 is 0. The molecule has 15 nitrogen and oxygen atoms in total.